The van der Waals surface area contributed by atoms with E-state index in [-0.39, 0.29) is 5.78 Å². The van der Waals surface area contributed by atoms with Crippen molar-refractivity contribution < 1.29 is 14.3 Å². The number of hydrogen-bond acceptors (Lipinski definition) is 4. The van der Waals surface area contributed by atoms with Gasteiger partial charge < -0.3 is 9.47 Å². The molecule has 1 aromatic heterocycles. The molecule has 4 aromatic rings. The monoisotopic (exact) mass is 468 g/mol. The summed E-state index contributed by atoms with van der Waals surface area (Å²) in [4.78, 5) is 14.7. The minimum absolute atomic E-state index is 0.00770. The summed E-state index contributed by atoms with van der Waals surface area (Å²) in [6, 6.07) is 26.1. The zero-order chi connectivity index (χ0) is 23.9. The first-order chi connectivity index (χ1) is 16.5. The van der Waals surface area contributed by atoms with Crippen molar-refractivity contribution in [2.45, 2.75) is 26.9 Å². The fourth-order valence-electron chi connectivity index (χ4n) is 3.71. The highest BCUT2D eigenvalue weighted by Gasteiger charge is 2.09. The van der Waals surface area contributed by atoms with Gasteiger partial charge in [0.2, 0.25) is 0 Å². The Morgan fingerprint density at radius 2 is 1.74 bits per heavy atom. The fraction of sp³-hybridized carbons (Fsp3) is 0.167. The van der Waals surface area contributed by atoms with E-state index < -0.39 is 0 Å². The minimum atomic E-state index is 0.00770. The Balaban J connectivity index is 1.44. The third-order valence-electron chi connectivity index (χ3n) is 5.80. The van der Waals surface area contributed by atoms with Crippen LogP contribution in [-0.4, -0.2) is 12.9 Å². The van der Waals surface area contributed by atoms with Crippen LogP contribution in [0.2, 0.25) is 0 Å². The minimum Gasteiger partial charge on any atom is -0.496 e. The Bertz CT molecular complexity index is 1300. The molecular weight excluding hydrogens is 440 g/mol. The molecule has 3 aromatic carbocycles. The van der Waals surface area contributed by atoms with Crippen molar-refractivity contribution >= 4 is 23.2 Å². The number of ketones is 1. The van der Waals surface area contributed by atoms with Crippen LogP contribution in [0, 0.1) is 13.8 Å². The predicted molar refractivity (Wildman–Crippen MR) is 140 cm³/mol. The van der Waals surface area contributed by atoms with Crippen molar-refractivity contribution in [3.8, 4) is 11.5 Å². The topological polar surface area (TPSA) is 35.5 Å². The third kappa shape index (κ3) is 5.83. The predicted octanol–water partition coefficient (Wildman–Crippen LogP) is 7.44. The average molecular weight is 469 g/mol. The highest BCUT2D eigenvalue weighted by Crippen LogP contribution is 2.26. The number of carbonyl (C=O) groups is 1. The molecule has 4 heteroatoms. The van der Waals surface area contributed by atoms with Crippen LogP contribution < -0.4 is 9.47 Å². The van der Waals surface area contributed by atoms with Crippen LogP contribution in [0.25, 0.3) is 6.08 Å². The molecule has 3 nitrogen and oxygen atoms in total. The molecule has 0 atom stereocenters. The van der Waals surface area contributed by atoms with Gasteiger partial charge in [-0.2, -0.15) is 0 Å². The molecule has 172 valence electrons. The van der Waals surface area contributed by atoms with Gasteiger partial charge in [0.1, 0.15) is 18.1 Å². The van der Waals surface area contributed by atoms with Crippen molar-refractivity contribution in [1.82, 2.24) is 0 Å². The van der Waals surface area contributed by atoms with Gasteiger partial charge in [-0.15, -0.1) is 11.3 Å². The Labute approximate surface area is 205 Å². The molecule has 0 fully saturated rings. The second kappa shape index (κ2) is 11.0. The molecule has 0 bridgehead atoms. The van der Waals surface area contributed by atoms with E-state index in [1.807, 2.05) is 66.7 Å². The number of rotatable bonds is 9. The molecule has 0 saturated carbocycles. The van der Waals surface area contributed by atoms with Crippen molar-refractivity contribution in [3.05, 3.63) is 123 Å². The van der Waals surface area contributed by atoms with E-state index in [1.165, 1.54) is 16.0 Å². The number of aryl methyl sites for hydroxylation is 1. The maximum absolute atomic E-state index is 12.7. The summed E-state index contributed by atoms with van der Waals surface area (Å²) in [5, 5.41) is 0. The van der Waals surface area contributed by atoms with Gasteiger partial charge in [0.05, 0.1) is 12.0 Å². The third-order valence-corrected chi connectivity index (χ3v) is 6.90. The Morgan fingerprint density at radius 3 is 2.53 bits per heavy atom. The second-order valence-corrected chi connectivity index (χ2v) is 9.35. The molecule has 0 radical (unpaired) electrons. The molecule has 0 aliphatic heterocycles. The summed E-state index contributed by atoms with van der Waals surface area (Å²) in [6.07, 6.45) is 4.32. The van der Waals surface area contributed by atoms with Crippen LogP contribution in [0.5, 0.6) is 11.5 Å². The highest BCUT2D eigenvalue weighted by atomic mass is 32.1. The number of thiophene rings is 1. The number of hydrogen-bond donors (Lipinski definition) is 0. The first kappa shape index (κ1) is 23.5. The first-order valence-corrected chi connectivity index (χ1v) is 12.1. The van der Waals surface area contributed by atoms with Gasteiger partial charge in [-0.1, -0.05) is 54.6 Å². The van der Waals surface area contributed by atoms with Gasteiger partial charge in [0.25, 0.3) is 0 Å². The Hall–Kier alpha value is -3.63. The van der Waals surface area contributed by atoms with Gasteiger partial charge in [0.15, 0.2) is 5.78 Å². The van der Waals surface area contributed by atoms with Crippen molar-refractivity contribution in [2.75, 3.05) is 7.11 Å². The van der Waals surface area contributed by atoms with E-state index in [4.69, 9.17) is 9.47 Å². The molecule has 0 amide bonds. The molecule has 34 heavy (non-hydrogen) atoms. The normalized spacial score (nSPS) is 11.0. The number of ether oxygens (including phenoxy) is 2. The Kier molecular flexibility index (Phi) is 7.61. The summed E-state index contributed by atoms with van der Waals surface area (Å²) in [6.45, 7) is 4.52. The molecule has 0 aliphatic rings. The lowest BCUT2D eigenvalue weighted by Crippen LogP contribution is -2.01. The molecule has 0 spiro atoms. The molecule has 4 rings (SSSR count). The van der Waals surface area contributed by atoms with Crippen LogP contribution in [0.1, 0.15) is 42.4 Å². The SMILES string of the molecule is COc1ccc(/C=C/C(=O)c2ccc(Cc3ccccc3)s2)cc1COc1cccc(C)c1C. The second-order valence-electron chi connectivity index (χ2n) is 8.18. The molecule has 0 aliphatic carbocycles. The number of methoxy groups -OCH3 is 1. The van der Waals surface area contributed by atoms with E-state index in [2.05, 4.69) is 32.0 Å². The van der Waals surface area contributed by atoms with Crippen molar-refractivity contribution in [1.29, 1.82) is 0 Å². The average Bonchev–Trinajstić information content (AvgIpc) is 3.32. The maximum Gasteiger partial charge on any atom is 0.195 e. The lowest BCUT2D eigenvalue weighted by atomic mass is 10.1. The molecule has 1 heterocycles. The summed E-state index contributed by atoms with van der Waals surface area (Å²) in [5.41, 5.74) is 5.42. The van der Waals surface area contributed by atoms with Gasteiger partial charge >= 0.3 is 0 Å². The Morgan fingerprint density at radius 1 is 0.912 bits per heavy atom. The number of allylic oxidation sites excluding steroid dienone is 1. The quantitative estimate of drug-likeness (QED) is 0.189. The van der Waals surface area contributed by atoms with Crippen molar-refractivity contribution in [2.24, 2.45) is 0 Å². The van der Waals surface area contributed by atoms with Crippen LogP contribution in [-0.2, 0) is 13.0 Å². The summed E-state index contributed by atoms with van der Waals surface area (Å²) >= 11 is 1.55. The van der Waals surface area contributed by atoms with E-state index in [1.54, 1.807) is 24.5 Å². The van der Waals surface area contributed by atoms with Crippen LogP contribution in [0.15, 0.2) is 84.9 Å². The summed E-state index contributed by atoms with van der Waals surface area (Å²) in [5.74, 6) is 1.63. The van der Waals surface area contributed by atoms with Crippen LogP contribution in [0.3, 0.4) is 0 Å². The molecular formula is C30H28O3S. The zero-order valence-electron chi connectivity index (χ0n) is 19.7. The van der Waals surface area contributed by atoms with Gasteiger partial charge in [-0.05, 0) is 72.5 Å². The van der Waals surface area contributed by atoms with Gasteiger partial charge in [0, 0.05) is 16.9 Å². The standard InChI is InChI=1S/C30H28O3S/c1-21-8-7-11-28(22(21)2)33-20-25-18-24(13-16-29(25)32-3)12-15-27(31)30-17-14-26(34-30)19-23-9-5-4-6-10-23/h4-18H,19-20H2,1-3H3/b15-12+. The van der Waals surface area contributed by atoms with E-state index in [0.717, 1.165) is 39.5 Å². The van der Waals surface area contributed by atoms with Gasteiger partial charge in [-0.25, -0.2) is 0 Å². The molecule has 0 unspecified atom stereocenters. The summed E-state index contributed by atoms with van der Waals surface area (Å²) < 4.78 is 11.6. The number of benzene rings is 3. The van der Waals surface area contributed by atoms with E-state index >= 15 is 0 Å². The number of carbonyl (C=O) groups excluding carboxylic acids is 1. The van der Waals surface area contributed by atoms with E-state index in [0.29, 0.717) is 6.61 Å². The summed E-state index contributed by atoms with van der Waals surface area (Å²) in [7, 11) is 1.65. The van der Waals surface area contributed by atoms with Crippen molar-refractivity contribution in [3.63, 3.8) is 0 Å². The molecule has 0 N–H and O–H groups in total. The fourth-order valence-corrected chi connectivity index (χ4v) is 4.67. The maximum atomic E-state index is 12.7. The first-order valence-electron chi connectivity index (χ1n) is 11.2. The van der Waals surface area contributed by atoms with Crippen LogP contribution >= 0.6 is 11.3 Å². The van der Waals surface area contributed by atoms with Gasteiger partial charge in [-0.3, -0.25) is 4.79 Å². The lowest BCUT2D eigenvalue weighted by molar-refractivity contribution is 0.105. The highest BCUT2D eigenvalue weighted by molar-refractivity contribution is 7.14. The largest absolute Gasteiger partial charge is 0.496 e. The van der Waals surface area contributed by atoms with Crippen LogP contribution in [0.4, 0.5) is 0 Å². The lowest BCUT2D eigenvalue weighted by Gasteiger charge is -2.13. The smallest absolute Gasteiger partial charge is 0.195 e. The molecule has 0 saturated heterocycles. The van der Waals surface area contributed by atoms with E-state index in [9.17, 15) is 4.79 Å². The zero-order valence-corrected chi connectivity index (χ0v) is 20.5.